The number of nitriles is 1. The predicted octanol–water partition coefficient (Wildman–Crippen LogP) is 4.16. The maximum Gasteiger partial charge on any atom is 0.167 e. The van der Waals surface area contributed by atoms with Crippen LogP contribution in [0, 0.1) is 17.1 Å². The van der Waals surface area contributed by atoms with Crippen molar-refractivity contribution in [3.05, 3.63) is 59.4 Å². The molecular formula is C17H17FN2O. The van der Waals surface area contributed by atoms with Crippen LogP contribution in [0.2, 0.25) is 0 Å². The summed E-state index contributed by atoms with van der Waals surface area (Å²) in [6.07, 6.45) is 0. The molecule has 0 fully saturated rings. The van der Waals surface area contributed by atoms with Gasteiger partial charge >= 0.3 is 0 Å². The van der Waals surface area contributed by atoms with Gasteiger partial charge in [0.1, 0.15) is 5.75 Å². The Bertz CT molecular complexity index is 664. The number of hydrogen-bond acceptors (Lipinski definition) is 3. The first-order chi connectivity index (χ1) is 10.2. The van der Waals surface area contributed by atoms with Crippen LogP contribution < -0.4 is 10.1 Å². The van der Waals surface area contributed by atoms with Crippen LogP contribution in [0.25, 0.3) is 0 Å². The van der Waals surface area contributed by atoms with E-state index in [0.717, 1.165) is 12.1 Å². The zero-order chi connectivity index (χ0) is 15.2. The molecule has 2 aromatic rings. The number of hydrogen-bond donors (Lipinski definition) is 1. The Balaban J connectivity index is 2.36. The molecule has 0 aliphatic heterocycles. The number of ether oxygens (including phenoxy) is 1. The molecule has 0 saturated carbocycles. The second-order valence-corrected chi connectivity index (χ2v) is 4.68. The molecule has 4 heteroatoms. The topological polar surface area (TPSA) is 45.0 Å². The molecule has 1 N–H and O–H groups in total. The number of halogens is 1. The van der Waals surface area contributed by atoms with E-state index in [9.17, 15) is 4.39 Å². The van der Waals surface area contributed by atoms with E-state index in [0.29, 0.717) is 11.3 Å². The minimum Gasteiger partial charge on any atom is -0.454 e. The molecule has 0 radical (unpaired) electrons. The molecule has 0 spiro atoms. The summed E-state index contributed by atoms with van der Waals surface area (Å²) in [6.45, 7) is 4.73. The Hall–Kier alpha value is -2.38. The maximum absolute atomic E-state index is 14.1. The van der Waals surface area contributed by atoms with Crippen molar-refractivity contribution >= 4 is 0 Å². The Labute approximate surface area is 124 Å². The van der Waals surface area contributed by atoms with Crippen molar-refractivity contribution in [1.82, 2.24) is 5.32 Å². The molecule has 1 atom stereocenters. The SMILES string of the molecule is CCNC(C)c1cccc(F)c1Oc1cccc(C#N)c1. The summed E-state index contributed by atoms with van der Waals surface area (Å²) >= 11 is 0. The molecule has 0 saturated heterocycles. The smallest absolute Gasteiger partial charge is 0.167 e. The number of nitrogens with zero attached hydrogens (tertiary/aromatic N) is 1. The molecule has 21 heavy (non-hydrogen) atoms. The first-order valence-corrected chi connectivity index (χ1v) is 6.85. The van der Waals surface area contributed by atoms with Gasteiger partial charge in [-0.1, -0.05) is 25.1 Å². The van der Waals surface area contributed by atoms with Crippen molar-refractivity contribution in [2.45, 2.75) is 19.9 Å². The molecule has 0 aliphatic rings. The minimum atomic E-state index is -0.417. The lowest BCUT2D eigenvalue weighted by atomic mass is 10.1. The highest BCUT2D eigenvalue weighted by atomic mass is 19.1. The van der Waals surface area contributed by atoms with Crippen LogP contribution in [0.1, 0.15) is 31.0 Å². The fourth-order valence-electron chi connectivity index (χ4n) is 2.14. The summed E-state index contributed by atoms with van der Waals surface area (Å²) in [6, 6.07) is 13.6. The monoisotopic (exact) mass is 284 g/mol. The Morgan fingerprint density at radius 3 is 2.76 bits per heavy atom. The lowest BCUT2D eigenvalue weighted by molar-refractivity contribution is 0.426. The molecule has 3 nitrogen and oxygen atoms in total. The standard InChI is InChI=1S/C17H17FN2O/c1-3-20-12(2)15-8-5-9-16(18)17(15)21-14-7-4-6-13(10-14)11-19/h4-10,12,20H,3H2,1-2H3. The third-order valence-electron chi connectivity index (χ3n) is 3.16. The van der Waals surface area contributed by atoms with Crippen LogP contribution in [0.15, 0.2) is 42.5 Å². The van der Waals surface area contributed by atoms with Gasteiger partial charge in [-0.05, 0) is 37.7 Å². The lowest BCUT2D eigenvalue weighted by Crippen LogP contribution is -2.18. The maximum atomic E-state index is 14.1. The number of rotatable bonds is 5. The largest absolute Gasteiger partial charge is 0.454 e. The number of benzene rings is 2. The quantitative estimate of drug-likeness (QED) is 0.896. The normalized spacial score (nSPS) is 11.7. The second kappa shape index (κ2) is 6.87. The van der Waals surface area contributed by atoms with Crippen molar-refractivity contribution < 1.29 is 9.13 Å². The molecular weight excluding hydrogens is 267 g/mol. The fraction of sp³-hybridized carbons (Fsp3) is 0.235. The zero-order valence-electron chi connectivity index (χ0n) is 12.1. The van der Waals surface area contributed by atoms with E-state index in [4.69, 9.17) is 10.00 Å². The third-order valence-corrected chi connectivity index (χ3v) is 3.16. The van der Waals surface area contributed by atoms with E-state index in [-0.39, 0.29) is 11.8 Å². The average molecular weight is 284 g/mol. The van der Waals surface area contributed by atoms with E-state index < -0.39 is 5.82 Å². The Kier molecular flexibility index (Phi) is 4.91. The first-order valence-electron chi connectivity index (χ1n) is 6.85. The van der Waals surface area contributed by atoms with E-state index in [1.54, 1.807) is 30.3 Å². The molecule has 1 unspecified atom stereocenters. The first kappa shape index (κ1) is 15.0. The number of nitrogens with one attached hydrogen (secondary N) is 1. The minimum absolute atomic E-state index is 0.0279. The van der Waals surface area contributed by atoms with Crippen molar-refractivity contribution in [3.8, 4) is 17.6 Å². The van der Waals surface area contributed by atoms with Crippen LogP contribution in [-0.2, 0) is 0 Å². The predicted molar refractivity (Wildman–Crippen MR) is 79.7 cm³/mol. The van der Waals surface area contributed by atoms with Gasteiger partial charge in [0, 0.05) is 11.6 Å². The average Bonchev–Trinajstić information content (AvgIpc) is 2.49. The van der Waals surface area contributed by atoms with Crippen LogP contribution in [0.5, 0.6) is 11.5 Å². The van der Waals surface area contributed by atoms with Gasteiger partial charge in [0.15, 0.2) is 11.6 Å². The summed E-state index contributed by atoms with van der Waals surface area (Å²) < 4.78 is 19.8. The van der Waals surface area contributed by atoms with Crippen LogP contribution >= 0.6 is 0 Å². The summed E-state index contributed by atoms with van der Waals surface area (Å²) in [4.78, 5) is 0. The fourth-order valence-corrected chi connectivity index (χ4v) is 2.14. The van der Waals surface area contributed by atoms with Crippen LogP contribution in [0.3, 0.4) is 0 Å². The van der Waals surface area contributed by atoms with Gasteiger partial charge in [0.05, 0.1) is 11.6 Å². The number of para-hydroxylation sites is 1. The molecule has 108 valence electrons. The third kappa shape index (κ3) is 3.59. The van der Waals surface area contributed by atoms with Gasteiger partial charge in [0.2, 0.25) is 0 Å². The van der Waals surface area contributed by atoms with Gasteiger partial charge in [-0.3, -0.25) is 0 Å². The molecule has 0 amide bonds. The van der Waals surface area contributed by atoms with Gasteiger partial charge in [-0.25, -0.2) is 4.39 Å². The highest BCUT2D eigenvalue weighted by molar-refractivity contribution is 5.43. The van der Waals surface area contributed by atoms with Gasteiger partial charge < -0.3 is 10.1 Å². The van der Waals surface area contributed by atoms with Crippen molar-refractivity contribution in [1.29, 1.82) is 5.26 Å². The molecule has 0 aliphatic carbocycles. The van der Waals surface area contributed by atoms with Crippen molar-refractivity contribution in [2.75, 3.05) is 6.54 Å². The summed E-state index contributed by atoms with van der Waals surface area (Å²) in [5.41, 5.74) is 1.23. The second-order valence-electron chi connectivity index (χ2n) is 4.68. The molecule has 2 aromatic carbocycles. The van der Waals surface area contributed by atoms with E-state index in [1.807, 2.05) is 26.0 Å². The van der Waals surface area contributed by atoms with Gasteiger partial charge in [0.25, 0.3) is 0 Å². The van der Waals surface area contributed by atoms with E-state index >= 15 is 0 Å². The summed E-state index contributed by atoms with van der Waals surface area (Å²) in [5, 5.41) is 12.1. The summed E-state index contributed by atoms with van der Waals surface area (Å²) in [5.74, 6) is 0.227. The highest BCUT2D eigenvalue weighted by Crippen LogP contribution is 2.32. The van der Waals surface area contributed by atoms with Gasteiger partial charge in [-0.2, -0.15) is 5.26 Å². The van der Waals surface area contributed by atoms with Crippen molar-refractivity contribution in [3.63, 3.8) is 0 Å². The van der Waals surface area contributed by atoms with Crippen LogP contribution in [0.4, 0.5) is 4.39 Å². The van der Waals surface area contributed by atoms with E-state index in [2.05, 4.69) is 5.32 Å². The molecule has 0 bridgehead atoms. The highest BCUT2D eigenvalue weighted by Gasteiger charge is 2.15. The van der Waals surface area contributed by atoms with Crippen molar-refractivity contribution in [2.24, 2.45) is 0 Å². The Morgan fingerprint density at radius 1 is 1.29 bits per heavy atom. The van der Waals surface area contributed by atoms with Gasteiger partial charge in [-0.15, -0.1) is 0 Å². The lowest BCUT2D eigenvalue weighted by Gasteiger charge is -2.18. The Morgan fingerprint density at radius 2 is 2.05 bits per heavy atom. The zero-order valence-corrected chi connectivity index (χ0v) is 12.1. The summed E-state index contributed by atoms with van der Waals surface area (Å²) in [7, 11) is 0. The molecule has 0 aromatic heterocycles. The molecule has 2 rings (SSSR count). The van der Waals surface area contributed by atoms with E-state index in [1.165, 1.54) is 6.07 Å². The van der Waals surface area contributed by atoms with Crippen LogP contribution in [-0.4, -0.2) is 6.54 Å². The molecule has 0 heterocycles.